The number of nitrogens with zero attached hydrogens (tertiary/aromatic N) is 1. The molecule has 1 aliphatic rings. The third kappa shape index (κ3) is 6.38. The van der Waals surface area contributed by atoms with Gasteiger partial charge in [0.25, 0.3) is 0 Å². The number of urea groups is 1. The van der Waals surface area contributed by atoms with Gasteiger partial charge < -0.3 is 15.0 Å². The average molecular weight is 461 g/mol. The zero-order valence-corrected chi connectivity index (χ0v) is 18.8. The molecule has 1 aliphatic heterocycles. The van der Waals surface area contributed by atoms with Crippen LogP contribution in [0.5, 0.6) is 5.75 Å². The predicted octanol–water partition coefficient (Wildman–Crippen LogP) is 3.34. The molecule has 1 aromatic rings. The topological polar surface area (TPSA) is 75.7 Å². The lowest BCUT2D eigenvalue weighted by atomic mass is 9.87. The largest absolute Gasteiger partial charge is 0.492 e. The Morgan fingerprint density at radius 1 is 1.37 bits per heavy atom. The van der Waals surface area contributed by atoms with Crippen LogP contribution in [-0.4, -0.2) is 57.1 Å². The molecule has 2 rings (SSSR count). The summed E-state index contributed by atoms with van der Waals surface area (Å²) in [7, 11) is -1.35. The van der Waals surface area contributed by atoms with Gasteiger partial charge in [0.15, 0.2) is 9.84 Å². The van der Waals surface area contributed by atoms with Gasteiger partial charge in [-0.05, 0) is 51.9 Å². The van der Waals surface area contributed by atoms with Gasteiger partial charge in [-0.15, -0.1) is 0 Å². The summed E-state index contributed by atoms with van der Waals surface area (Å²) in [4.78, 5) is 13.6. The number of hydrogen-bond donors (Lipinski definition) is 1. The molecule has 2 amide bonds. The lowest BCUT2D eigenvalue weighted by Crippen LogP contribution is -2.44. The van der Waals surface area contributed by atoms with Crippen LogP contribution in [0.25, 0.3) is 0 Å². The summed E-state index contributed by atoms with van der Waals surface area (Å²) in [6.45, 7) is 7.44. The van der Waals surface area contributed by atoms with Crippen LogP contribution in [-0.2, 0) is 15.3 Å². The zero-order valence-electron chi connectivity index (χ0n) is 16.4. The van der Waals surface area contributed by atoms with Gasteiger partial charge in [0.2, 0.25) is 0 Å². The fourth-order valence-corrected chi connectivity index (χ4v) is 5.17. The van der Waals surface area contributed by atoms with Crippen LogP contribution < -0.4 is 10.1 Å². The minimum Gasteiger partial charge on any atom is -0.492 e. The first-order valence-electron chi connectivity index (χ1n) is 9.13. The van der Waals surface area contributed by atoms with Crippen molar-refractivity contribution < 1.29 is 17.9 Å². The zero-order chi connectivity index (χ0) is 20.2. The van der Waals surface area contributed by atoms with Gasteiger partial charge in [0.1, 0.15) is 5.75 Å². The molecule has 6 nitrogen and oxygen atoms in total. The number of sulfone groups is 1. The van der Waals surface area contributed by atoms with E-state index in [1.165, 1.54) is 10.5 Å². The Kier molecular flexibility index (Phi) is 7.19. The number of rotatable bonds is 6. The fourth-order valence-electron chi connectivity index (χ4n) is 2.91. The van der Waals surface area contributed by atoms with Gasteiger partial charge in [-0.1, -0.05) is 26.8 Å². The van der Waals surface area contributed by atoms with Gasteiger partial charge in [-0.25, -0.2) is 13.2 Å². The minimum absolute atomic E-state index is 0.0542. The first-order chi connectivity index (χ1) is 12.5. The second-order valence-corrected chi connectivity index (χ2v) is 11.1. The molecule has 1 aromatic carbocycles. The summed E-state index contributed by atoms with van der Waals surface area (Å²) in [6.07, 6.45) is 1.17. The summed E-state index contributed by atoms with van der Waals surface area (Å²) >= 11 is 3.55. The highest BCUT2D eigenvalue weighted by Gasteiger charge is 2.32. The average Bonchev–Trinajstić information content (AvgIpc) is 2.93. The van der Waals surface area contributed by atoms with Crippen LogP contribution in [0.3, 0.4) is 0 Å². The maximum atomic E-state index is 12.1. The van der Waals surface area contributed by atoms with Gasteiger partial charge in [0.05, 0.1) is 22.6 Å². The molecule has 1 N–H and O–H groups in total. The van der Waals surface area contributed by atoms with E-state index in [1.807, 2.05) is 6.07 Å². The predicted molar refractivity (Wildman–Crippen MR) is 111 cm³/mol. The van der Waals surface area contributed by atoms with Crippen molar-refractivity contribution in [3.05, 3.63) is 28.2 Å². The quantitative estimate of drug-likeness (QED) is 0.660. The molecule has 0 bridgehead atoms. The molecule has 0 saturated carbocycles. The Morgan fingerprint density at radius 2 is 2.07 bits per heavy atom. The summed E-state index contributed by atoms with van der Waals surface area (Å²) in [5, 5.41) is 2.82. The Balaban J connectivity index is 1.72. The third-order valence-corrected chi connectivity index (χ3v) is 7.10. The number of benzene rings is 1. The molecule has 8 heteroatoms. The molecule has 1 saturated heterocycles. The molecule has 1 atom stereocenters. The number of carbonyl (C=O) groups is 1. The maximum absolute atomic E-state index is 12.1. The number of amides is 2. The van der Waals surface area contributed by atoms with Gasteiger partial charge >= 0.3 is 6.03 Å². The van der Waals surface area contributed by atoms with E-state index < -0.39 is 9.84 Å². The maximum Gasteiger partial charge on any atom is 0.317 e. The van der Waals surface area contributed by atoms with Gasteiger partial charge in [-0.2, -0.15) is 0 Å². The molecule has 152 valence electrons. The summed E-state index contributed by atoms with van der Waals surface area (Å²) in [6, 6.07) is 5.61. The molecule has 1 heterocycles. The summed E-state index contributed by atoms with van der Waals surface area (Å²) in [5.41, 5.74) is 1.31. The molecule has 0 radical (unpaired) electrons. The van der Waals surface area contributed by atoms with Crippen molar-refractivity contribution in [1.29, 1.82) is 0 Å². The first-order valence-corrected chi connectivity index (χ1v) is 11.7. The van der Waals surface area contributed by atoms with Crippen LogP contribution in [0.15, 0.2) is 22.7 Å². The SMILES string of the molecule is CN(C(=O)NCCCOc1ccc(C(C)(C)C)cc1Br)C1CCS(=O)(=O)C1. The first kappa shape index (κ1) is 22.0. The Morgan fingerprint density at radius 3 is 2.63 bits per heavy atom. The van der Waals surface area contributed by atoms with Crippen LogP contribution in [0.1, 0.15) is 39.2 Å². The number of nitrogens with one attached hydrogen (secondary N) is 1. The molecule has 0 spiro atoms. The Labute approximate surface area is 170 Å². The molecule has 0 aliphatic carbocycles. The minimum atomic E-state index is -3.00. The molecular weight excluding hydrogens is 432 g/mol. The molecular formula is C19H29BrN2O4S. The van der Waals surface area contributed by atoms with Gasteiger partial charge in [-0.3, -0.25) is 0 Å². The van der Waals surface area contributed by atoms with E-state index >= 15 is 0 Å². The smallest absolute Gasteiger partial charge is 0.317 e. The second-order valence-electron chi connectivity index (χ2n) is 8.00. The highest BCUT2D eigenvalue weighted by Crippen LogP contribution is 2.31. The van der Waals surface area contributed by atoms with E-state index in [2.05, 4.69) is 54.2 Å². The Bertz CT molecular complexity index is 774. The molecule has 27 heavy (non-hydrogen) atoms. The van der Waals surface area contributed by atoms with E-state index in [-0.39, 0.29) is 29.0 Å². The van der Waals surface area contributed by atoms with Crippen molar-refractivity contribution in [2.45, 2.75) is 45.1 Å². The second kappa shape index (κ2) is 8.82. The van der Waals surface area contributed by atoms with Crippen LogP contribution >= 0.6 is 15.9 Å². The van der Waals surface area contributed by atoms with E-state index in [4.69, 9.17) is 4.74 Å². The monoisotopic (exact) mass is 460 g/mol. The van der Waals surface area contributed by atoms with Crippen molar-refractivity contribution >= 4 is 31.8 Å². The molecule has 0 aromatic heterocycles. The van der Waals surface area contributed by atoms with E-state index in [0.717, 1.165) is 10.2 Å². The fraction of sp³-hybridized carbons (Fsp3) is 0.632. The standard InChI is InChI=1S/C19H29BrN2O4S/c1-19(2,3)14-6-7-17(16(20)12-14)26-10-5-9-21-18(23)22(4)15-8-11-27(24,25)13-15/h6-7,12,15H,5,8-11,13H2,1-4H3,(H,21,23). The molecule has 1 unspecified atom stereocenters. The lowest BCUT2D eigenvalue weighted by Gasteiger charge is -2.23. The highest BCUT2D eigenvalue weighted by molar-refractivity contribution is 9.10. The van der Waals surface area contributed by atoms with Crippen molar-refractivity contribution in [3.63, 3.8) is 0 Å². The highest BCUT2D eigenvalue weighted by atomic mass is 79.9. The number of ether oxygens (including phenoxy) is 1. The summed E-state index contributed by atoms with van der Waals surface area (Å²) in [5.74, 6) is 0.993. The summed E-state index contributed by atoms with van der Waals surface area (Å²) < 4.78 is 29.8. The normalized spacial score (nSPS) is 18.9. The molecule has 1 fully saturated rings. The van der Waals surface area contributed by atoms with Crippen molar-refractivity contribution in [1.82, 2.24) is 10.2 Å². The van der Waals surface area contributed by atoms with Gasteiger partial charge in [0, 0.05) is 19.6 Å². The van der Waals surface area contributed by atoms with Crippen LogP contribution in [0.4, 0.5) is 4.79 Å². The van der Waals surface area contributed by atoms with E-state index in [9.17, 15) is 13.2 Å². The lowest BCUT2D eigenvalue weighted by molar-refractivity contribution is 0.194. The van der Waals surface area contributed by atoms with Crippen molar-refractivity contribution in [2.24, 2.45) is 0 Å². The number of hydrogen-bond acceptors (Lipinski definition) is 4. The van der Waals surface area contributed by atoms with Crippen molar-refractivity contribution in [3.8, 4) is 5.75 Å². The number of carbonyl (C=O) groups excluding carboxylic acids is 1. The number of halogens is 1. The third-order valence-electron chi connectivity index (χ3n) is 4.73. The van der Waals surface area contributed by atoms with Crippen molar-refractivity contribution in [2.75, 3.05) is 31.7 Å². The van der Waals surface area contributed by atoms with E-state index in [1.54, 1.807) is 7.05 Å². The van der Waals surface area contributed by atoms with Crippen LogP contribution in [0.2, 0.25) is 0 Å². The van der Waals surface area contributed by atoms with E-state index in [0.29, 0.717) is 26.0 Å². The Hall–Kier alpha value is -1.28. The van der Waals surface area contributed by atoms with Crippen LogP contribution in [0, 0.1) is 0 Å².